The number of likely N-dealkylation sites (N-methyl/N-ethyl adjacent to an activating group) is 1. The quantitative estimate of drug-likeness (QED) is 0.733. The van der Waals surface area contributed by atoms with Crippen LogP contribution in [0.1, 0.15) is 32.6 Å². The maximum absolute atomic E-state index is 13.2. The Bertz CT molecular complexity index is 1050. The highest BCUT2D eigenvalue weighted by Crippen LogP contribution is 2.40. The van der Waals surface area contributed by atoms with Gasteiger partial charge in [0.1, 0.15) is 17.5 Å². The summed E-state index contributed by atoms with van der Waals surface area (Å²) >= 11 is 0. The number of nitriles is 1. The molecule has 3 aliphatic heterocycles. The van der Waals surface area contributed by atoms with Crippen LogP contribution in [0, 0.1) is 11.3 Å². The van der Waals surface area contributed by atoms with Gasteiger partial charge in [0.2, 0.25) is 5.96 Å². The van der Waals surface area contributed by atoms with Crippen LogP contribution in [0.3, 0.4) is 0 Å². The SMILES string of the molecule is CN1CCN(c2ccc(NC3=NC4(C)C(=CN3)C=C(C#N)C(=O)N4C3CCCC3)cn2)CC1. The fourth-order valence-corrected chi connectivity index (χ4v) is 5.16. The maximum atomic E-state index is 13.2. The second-order valence-electron chi connectivity index (χ2n) is 9.33. The van der Waals surface area contributed by atoms with Crippen molar-refractivity contribution < 1.29 is 4.79 Å². The highest BCUT2D eigenvalue weighted by molar-refractivity contribution is 6.02. The summed E-state index contributed by atoms with van der Waals surface area (Å²) in [5, 5.41) is 16.0. The van der Waals surface area contributed by atoms with Crippen LogP contribution >= 0.6 is 0 Å². The molecule has 9 nitrogen and oxygen atoms in total. The minimum Gasteiger partial charge on any atom is -0.354 e. The van der Waals surface area contributed by atoms with Crippen molar-refractivity contribution in [3.63, 3.8) is 0 Å². The Hall–Kier alpha value is -3.38. The normalized spacial score (nSPS) is 26.1. The number of rotatable bonds is 3. The predicted molar refractivity (Wildman–Crippen MR) is 127 cm³/mol. The van der Waals surface area contributed by atoms with E-state index in [9.17, 15) is 10.1 Å². The zero-order chi connectivity index (χ0) is 23.0. The molecule has 0 radical (unpaired) electrons. The fraction of sp³-hybridized carbons (Fsp3) is 0.500. The number of anilines is 2. The van der Waals surface area contributed by atoms with Gasteiger partial charge in [-0.1, -0.05) is 12.8 Å². The lowest BCUT2D eigenvalue weighted by Gasteiger charge is -2.46. The Morgan fingerprint density at radius 2 is 1.97 bits per heavy atom. The van der Waals surface area contributed by atoms with Crippen molar-refractivity contribution in [1.82, 2.24) is 20.1 Å². The zero-order valence-electron chi connectivity index (χ0n) is 19.2. The van der Waals surface area contributed by atoms with E-state index in [1.807, 2.05) is 36.4 Å². The van der Waals surface area contributed by atoms with Gasteiger partial charge in [-0.2, -0.15) is 5.26 Å². The van der Waals surface area contributed by atoms with Gasteiger partial charge in [0.05, 0.1) is 11.9 Å². The first-order valence-electron chi connectivity index (χ1n) is 11.7. The van der Waals surface area contributed by atoms with E-state index in [0.717, 1.165) is 68.9 Å². The number of guanidine groups is 1. The molecule has 9 heteroatoms. The maximum Gasteiger partial charge on any atom is 0.266 e. The van der Waals surface area contributed by atoms with Gasteiger partial charge in [-0.15, -0.1) is 0 Å². The Kier molecular flexibility index (Phi) is 5.54. The van der Waals surface area contributed by atoms with Crippen molar-refractivity contribution in [2.24, 2.45) is 4.99 Å². The average molecular weight is 447 g/mol. The molecular weight excluding hydrogens is 416 g/mol. The molecule has 2 N–H and O–H groups in total. The first-order valence-corrected chi connectivity index (χ1v) is 11.7. The molecule has 1 unspecified atom stereocenters. The average Bonchev–Trinajstić information content (AvgIpc) is 3.33. The van der Waals surface area contributed by atoms with Crippen molar-refractivity contribution in [3.05, 3.63) is 41.8 Å². The van der Waals surface area contributed by atoms with E-state index < -0.39 is 5.66 Å². The van der Waals surface area contributed by atoms with Gasteiger partial charge in [0.15, 0.2) is 5.66 Å². The van der Waals surface area contributed by atoms with Crippen LogP contribution in [0.4, 0.5) is 11.5 Å². The summed E-state index contributed by atoms with van der Waals surface area (Å²) in [5.74, 6) is 1.30. The van der Waals surface area contributed by atoms with Crippen molar-refractivity contribution >= 4 is 23.4 Å². The molecule has 1 saturated carbocycles. The number of amides is 1. The van der Waals surface area contributed by atoms with Crippen molar-refractivity contribution in [2.45, 2.75) is 44.3 Å². The van der Waals surface area contributed by atoms with Crippen LogP contribution < -0.4 is 15.5 Å². The predicted octanol–water partition coefficient (Wildman–Crippen LogP) is 2.04. The third-order valence-corrected chi connectivity index (χ3v) is 7.11. The number of carbonyl (C=O) groups is 1. The number of nitrogens with one attached hydrogen (secondary N) is 2. The molecule has 0 bridgehead atoms. The summed E-state index contributed by atoms with van der Waals surface area (Å²) < 4.78 is 0. The molecule has 33 heavy (non-hydrogen) atoms. The number of hydrogen-bond acceptors (Lipinski definition) is 8. The van der Waals surface area contributed by atoms with E-state index in [-0.39, 0.29) is 17.5 Å². The van der Waals surface area contributed by atoms with E-state index >= 15 is 0 Å². The Morgan fingerprint density at radius 3 is 2.64 bits per heavy atom. The number of aromatic nitrogens is 1. The van der Waals surface area contributed by atoms with Gasteiger partial charge in [0, 0.05) is 44.0 Å². The number of nitrogens with zero attached hydrogens (tertiary/aromatic N) is 6. The van der Waals surface area contributed by atoms with E-state index in [4.69, 9.17) is 4.99 Å². The van der Waals surface area contributed by atoms with Gasteiger partial charge >= 0.3 is 0 Å². The van der Waals surface area contributed by atoms with Gasteiger partial charge in [-0.3, -0.25) is 4.79 Å². The number of pyridine rings is 1. The summed E-state index contributed by atoms with van der Waals surface area (Å²) in [6.45, 7) is 5.97. The summed E-state index contributed by atoms with van der Waals surface area (Å²) in [5.41, 5.74) is 0.956. The lowest BCUT2D eigenvalue weighted by Crippen LogP contribution is -2.59. The van der Waals surface area contributed by atoms with Gasteiger partial charge < -0.3 is 25.3 Å². The molecule has 1 aromatic rings. The minimum atomic E-state index is -0.854. The van der Waals surface area contributed by atoms with E-state index in [1.54, 1.807) is 6.08 Å². The second kappa shape index (κ2) is 8.52. The second-order valence-corrected chi connectivity index (χ2v) is 9.33. The fourth-order valence-electron chi connectivity index (χ4n) is 5.16. The van der Waals surface area contributed by atoms with Crippen LogP contribution in [-0.2, 0) is 4.79 Å². The van der Waals surface area contributed by atoms with Crippen molar-refractivity contribution in [3.8, 4) is 6.07 Å². The summed E-state index contributed by atoms with van der Waals surface area (Å²) in [6, 6.07) is 6.18. The van der Waals surface area contributed by atoms with Gasteiger partial charge in [-0.25, -0.2) is 9.98 Å². The lowest BCUT2D eigenvalue weighted by molar-refractivity contribution is -0.134. The molecule has 2 fully saturated rings. The molecule has 0 aromatic carbocycles. The molecular formula is C24H30N8O. The molecule has 5 rings (SSSR count). The van der Waals surface area contributed by atoms with Crippen LogP contribution in [0.15, 0.2) is 46.7 Å². The Balaban J connectivity index is 1.37. The third kappa shape index (κ3) is 3.95. The topological polar surface area (TPSA) is 99.9 Å². The highest BCUT2D eigenvalue weighted by Gasteiger charge is 2.48. The van der Waals surface area contributed by atoms with E-state index in [0.29, 0.717) is 5.96 Å². The van der Waals surface area contributed by atoms with Crippen LogP contribution in [0.25, 0.3) is 0 Å². The van der Waals surface area contributed by atoms with Crippen LogP contribution in [-0.4, -0.2) is 71.6 Å². The lowest BCUT2D eigenvalue weighted by atomic mass is 9.89. The number of piperazine rings is 1. The molecule has 0 spiro atoms. The molecule has 1 aromatic heterocycles. The Morgan fingerprint density at radius 1 is 1.21 bits per heavy atom. The minimum absolute atomic E-state index is 0.0931. The number of fused-ring (bicyclic) bond motifs is 1. The molecule has 172 valence electrons. The van der Waals surface area contributed by atoms with Crippen LogP contribution in [0.2, 0.25) is 0 Å². The Labute approximate surface area is 194 Å². The third-order valence-electron chi connectivity index (χ3n) is 7.11. The monoisotopic (exact) mass is 446 g/mol. The van der Waals surface area contributed by atoms with E-state index in [2.05, 4.69) is 38.5 Å². The molecule has 1 aliphatic carbocycles. The zero-order valence-corrected chi connectivity index (χ0v) is 19.2. The molecule has 1 atom stereocenters. The van der Waals surface area contributed by atoms with E-state index in [1.165, 1.54) is 0 Å². The molecule has 4 heterocycles. The number of hydrogen-bond donors (Lipinski definition) is 2. The van der Waals surface area contributed by atoms with Gasteiger partial charge in [-0.05, 0) is 45.0 Å². The first-order chi connectivity index (χ1) is 16.0. The molecule has 1 saturated heterocycles. The largest absolute Gasteiger partial charge is 0.354 e. The summed E-state index contributed by atoms with van der Waals surface area (Å²) in [7, 11) is 2.14. The smallest absolute Gasteiger partial charge is 0.266 e. The highest BCUT2D eigenvalue weighted by atomic mass is 16.2. The van der Waals surface area contributed by atoms with Crippen LogP contribution in [0.5, 0.6) is 0 Å². The number of carbonyl (C=O) groups excluding carboxylic acids is 1. The van der Waals surface area contributed by atoms with Crippen molar-refractivity contribution in [2.75, 3.05) is 43.4 Å². The summed E-state index contributed by atoms with van der Waals surface area (Å²) in [6.07, 6.45) is 9.38. The van der Waals surface area contributed by atoms with Crippen molar-refractivity contribution in [1.29, 1.82) is 5.26 Å². The standard InChI is InChI=1S/C24H30N8O/c1-24-18(13-17(14-25)22(33)32(24)20-5-3-4-6-20)15-27-23(29-24)28-19-7-8-21(26-16-19)31-11-9-30(2)10-12-31/h7-8,13,15-16,20H,3-6,9-12H2,1-2H3,(H2,27,28,29). The first kappa shape index (κ1) is 21.5. The molecule has 4 aliphatic rings. The summed E-state index contributed by atoms with van der Waals surface area (Å²) in [4.78, 5) is 29.2. The number of aliphatic imine (C=N–C) groups is 1. The molecule has 1 amide bonds. The van der Waals surface area contributed by atoms with Gasteiger partial charge in [0.25, 0.3) is 5.91 Å².